The lowest BCUT2D eigenvalue weighted by Gasteiger charge is -2.21. The van der Waals surface area contributed by atoms with Gasteiger partial charge in [0.15, 0.2) is 5.69 Å². The van der Waals surface area contributed by atoms with Gasteiger partial charge in [-0.05, 0) is 37.8 Å². The van der Waals surface area contributed by atoms with Crippen LogP contribution in [0.2, 0.25) is 0 Å². The van der Waals surface area contributed by atoms with E-state index in [-0.39, 0.29) is 29.9 Å². The normalized spacial score (nSPS) is 16.3. The highest BCUT2D eigenvalue weighted by molar-refractivity contribution is 5.93. The maximum Gasteiger partial charge on any atom is 0.416 e. The number of aromatic nitrogens is 4. The lowest BCUT2D eigenvalue weighted by molar-refractivity contribution is -0.137. The quantitative estimate of drug-likeness (QED) is 0.406. The predicted octanol–water partition coefficient (Wildman–Crippen LogP) is 1.97. The van der Waals surface area contributed by atoms with Crippen LogP contribution >= 0.6 is 0 Å². The van der Waals surface area contributed by atoms with Gasteiger partial charge in [-0.15, -0.1) is 10.6 Å². The molecule has 4 rings (SSSR count). The Bertz CT molecular complexity index is 1130. The molecule has 0 atom stereocenters. The summed E-state index contributed by atoms with van der Waals surface area (Å²) in [4.78, 5) is 28.7. The molecule has 0 spiro atoms. The molecule has 1 aliphatic carbocycles. The van der Waals surface area contributed by atoms with Gasteiger partial charge in [0, 0.05) is 38.6 Å². The maximum absolute atomic E-state index is 12.8. The third-order valence-electron chi connectivity index (χ3n) is 6.22. The molecule has 14 heteroatoms. The first-order valence-electron chi connectivity index (χ1n) is 12.2. The minimum absolute atomic E-state index is 0.0654. The summed E-state index contributed by atoms with van der Waals surface area (Å²) in [5.74, 6) is -0.634. The number of hydrogen-bond donors (Lipinski definition) is 3. The van der Waals surface area contributed by atoms with Gasteiger partial charge >= 0.3 is 6.18 Å². The number of amides is 2. The Morgan fingerprint density at radius 1 is 1.16 bits per heavy atom. The fraction of sp³-hybridized carbons (Fsp3) is 0.522. The molecule has 2 aromatic heterocycles. The maximum atomic E-state index is 12.8. The van der Waals surface area contributed by atoms with Crippen molar-refractivity contribution in [3.05, 3.63) is 53.4 Å². The molecule has 2 aromatic rings. The highest BCUT2D eigenvalue weighted by Gasteiger charge is 2.30. The molecule has 1 aliphatic heterocycles. The number of unbranched alkanes of at least 4 members (excludes halogenated alkanes) is 1. The minimum Gasteiger partial charge on any atom is -0.348 e. The van der Waals surface area contributed by atoms with E-state index in [4.69, 9.17) is 0 Å². The highest BCUT2D eigenvalue weighted by Crippen LogP contribution is 2.29. The van der Waals surface area contributed by atoms with E-state index in [0.29, 0.717) is 18.8 Å². The Hall–Kier alpha value is -3.68. The molecule has 11 nitrogen and oxygen atoms in total. The van der Waals surface area contributed by atoms with Gasteiger partial charge in [-0.1, -0.05) is 18.1 Å². The van der Waals surface area contributed by atoms with E-state index in [9.17, 15) is 22.8 Å². The first kappa shape index (κ1) is 26.4. The van der Waals surface area contributed by atoms with Crippen molar-refractivity contribution in [3.63, 3.8) is 0 Å². The molecule has 0 saturated heterocycles. The van der Waals surface area contributed by atoms with Gasteiger partial charge in [0.2, 0.25) is 0 Å². The Morgan fingerprint density at radius 3 is 2.68 bits per heavy atom. The summed E-state index contributed by atoms with van der Waals surface area (Å²) in [6, 6.07) is 2.02. The molecule has 200 valence electrons. The van der Waals surface area contributed by atoms with Crippen LogP contribution in [0.15, 0.2) is 36.4 Å². The van der Waals surface area contributed by atoms with E-state index >= 15 is 0 Å². The fourth-order valence-corrected chi connectivity index (χ4v) is 4.24. The minimum atomic E-state index is -4.48. The van der Waals surface area contributed by atoms with Crippen molar-refractivity contribution in [1.29, 1.82) is 0 Å². The van der Waals surface area contributed by atoms with Crippen molar-refractivity contribution < 1.29 is 22.8 Å². The Labute approximate surface area is 212 Å². The molecule has 0 bridgehead atoms. The lowest BCUT2D eigenvalue weighted by atomic mass is 10.2. The summed E-state index contributed by atoms with van der Waals surface area (Å²) in [5, 5.41) is 16.9. The smallest absolute Gasteiger partial charge is 0.348 e. The van der Waals surface area contributed by atoms with Crippen molar-refractivity contribution in [2.75, 3.05) is 13.6 Å². The van der Waals surface area contributed by atoms with Crippen LogP contribution in [-0.2, 0) is 24.1 Å². The zero-order valence-corrected chi connectivity index (χ0v) is 20.5. The van der Waals surface area contributed by atoms with Crippen LogP contribution in [0, 0.1) is 0 Å². The van der Waals surface area contributed by atoms with E-state index in [1.165, 1.54) is 10.9 Å². The van der Waals surface area contributed by atoms with E-state index < -0.39 is 17.6 Å². The van der Waals surface area contributed by atoms with Gasteiger partial charge in [0.25, 0.3) is 11.8 Å². The number of halogens is 3. The van der Waals surface area contributed by atoms with Crippen molar-refractivity contribution >= 4 is 11.8 Å². The van der Waals surface area contributed by atoms with Crippen LogP contribution in [-0.4, -0.2) is 61.4 Å². The van der Waals surface area contributed by atoms with Gasteiger partial charge in [-0.3, -0.25) is 29.3 Å². The number of nitrogens with one attached hydrogen (secondary N) is 3. The second kappa shape index (κ2) is 11.6. The zero-order chi connectivity index (χ0) is 26.4. The van der Waals surface area contributed by atoms with Gasteiger partial charge in [-0.25, -0.2) is 0 Å². The third kappa shape index (κ3) is 7.18. The molecule has 37 heavy (non-hydrogen) atoms. The summed E-state index contributed by atoms with van der Waals surface area (Å²) >= 11 is 0. The van der Waals surface area contributed by atoms with Crippen LogP contribution < -0.4 is 16.2 Å². The van der Waals surface area contributed by atoms with Crippen LogP contribution in [0.1, 0.15) is 60.3 Å². The second-order valence-electron chi connectivity index (χ2n) is 9.11. The molecule has 1 fully saturated rings. The molecule has 1 saturated carbocycles. The molecular weight excluding hydrogens is 491 g/mol. The molecule has 0 unspecified atom stereocenters. The third-order valence-corrected chi connectivity index (χ3v) is 6.22. The molecule has 2 amide bonds. The number of hydrogen-bond acceptors (Lipinski definition) is 8. The summed E-state index contributed by atoms with van der Waals surface area (Å²) < 4.78 is 40.0. The number of nitrogens with zero attached hydrogens (tertiary/aromatic N) is 6. The summed E-state index contributed by atoms with van der Waals surface area (Å²) in [7, 11) is 1.80. The van der Waals surface area contributed by atoms with Crippen molar-refractivity contribution in [3.8, 4) is 0 Å². The number of pyridine rings is 1. The topological polar surface area (TPSA) is 120 Å². The monoisotopic (exact) mass is 521 g/mol. The van der Waals surface area contributed by atoms with Gasteiger partial charge in [0.05, 0.1) is 24.0 Å². The molecular formula is C23H30F3N9O2. The SMILES string of the molecule is CN1NN(CCCCn2cc(C(=O)NCc3cc(C(F)(F)F)ccn3)nn2)C=C1C(=O)NC1CCCC1. The van der Waals surface area contributed by atoms with Gasteiger partial charge < -0.3 is 10.6 Å². The molecule has 2 aliphatic rings. The Balaban J connectivity index is 1.18. The number of aryl methyl sites for hydroxylation is 1. The number of carbonyl (C=O) groups is 2. The van der Waals surface area contributed by atoms with E-state index in [1.807, 2.05) is 5.01 Å². The fourth-order valence-electron chi connectivity index (χ4n) is 4.24. The van der Waals surface area contributed by atoms with E-state index in [2.05, 4.69) is 31.5 Å². The summed E-state index contributed by atoms with van der Waals surface area (Å²) in [6.45, 7) is 1.02. The van der Waals surface area contributed by atoms with Crippen molar-refractivity contribution in [2.24, 2.45) is 0 Å². The average Bonchev–Trinajstić information content (AvgIpc) is 3.62. The van der Waals surface area contributed by atoms with Crippen LogP contribution in [0.25, 0.3) is 0 Å². The van der Waals surface area contributed by atoms with Gasteiger partial charge in [0.1, 0.15) is 5.70 Å². The first-order chi connectivity index (χ1) is 17.7. The number of carbonyl (C=O) groups excluding carboxylic acids is 2. The standard InChI is InChI=1S/C23H30F3N9O2/c1-33-20(22(37)29-17-6-2-3-7-17)15-35(32-33)11-5-4-10-34-14-19(30-31-34)21(36)28-13-18-12-16(8-9-27-18)23(24,25)26/h8-9,12,14-15,17,32H,2-7,10-11,13H2,1H3,(H,28,36)(H,29,37). The zero-order valence-electron chi connectivity index (χ0n) is 20.5. The summed E-state index contributed by atoms with van der Waals surface area (Å²) in [6.07, 6.45) is 5.75. The Kier molecular flexibility index (Phi) is 8.26. The number of alkyl halides is 3. The number of hydrazine groups is 2. The van der Waals surface area contributed by atoms with Crippen molar-refractivity contribution in [1.82, 2.24) is 46.2 Å². The lowest BCUT2D eigenvalue weighted by Crippen LogP contribution is -2.42. The van der Waals surface area contributed by atoms with E-state index in [0.717, 1.165) is 56.9 Å². The van der Waals surface area contributed by atoms with Crippen molar-refractivity contribution in [2.45, 2.75) is 63.8 Å². The number of rotatable bonds is 10. The largest absolute Gasteiger partial charge is 0.416 e. The second-order valence-corrected chi connectivity index (χ2v) is 9.11. The van der Waals surface area contributed by atoms with E-state index in [1.54, 1.807) is 18.3 Å². The number of likely N-dealkylation sites (N-methyl/N-ethyl adjacent to an activating group) is 1. The molecule has 3 N–H and O–H groups in total. The van der Waals surface area contributed by atoms with Crippen LogP contribution in [0.5, 0.6) is 0 Å². The van der Waals surface area contributed by atoms with Crippen LogP contribution in [0.3, 0.4) is 0 Å². The highest BCUT2D eigenvalue weighted by atomic mass is 19.4. The summed E-state index contributed by atoms with van der Waals surface area (Å²) in [5.41, 5.74) is 3.02. The average molecular weight is 522 g/mol. The van der Waals surface area contributed by atoms with Crippen LogP contribution in [0.4, 0.5) is 13.2 Å². The first-order valence-corrected chi connectivity index (χ1v) is 12.2. The molecule has 0 aromatic carbocycles. The Morgan fingerprint density at radius 2 is 1.92 bits per heavy atom. The molecule has 0 radical (unpaired) electrons. The van der Waals surface area contributed by atoms with Gasteiger partial charge in [-0.2, -0.15) is 13.2 Å². The molecule has 3 heterocycles. The predicted molar refractivity (Wildman–Crippen MR) is 126 cm³/mol.